The van der Waals surface area contributed by atoms with Crippen molar-refractivity contribution in [3.8, 4) is 0 Å². The molecule has 0 heterocycles. The maximum atomic E-state index is 13.6. The van der Waals surface area contributed by atoms with E-state index < -0.39 is 26.4 Å². The van der Waals surface area contributed by atoms with E-state index in [4.69, 9.17) is 5.73 Å². The van der Waals surface area contributed by atoms with Crippen LogP contribution in [0, 0.1) is 5.82 Å². The first-order valence-electron chi connectivity index (χ1n) is 4.97. The van der Waals surface area contributed by atoms with Crippen LogP contribution in [0.5, 0.6) is 0 Å². The van der Waals surface area contributed by atoms with Gasteiger partial charge in [0.05, 0.1) is 10.8 Å². The molecule has 17 heavy (non-hydrogen) atoms. The minimum Gasteiger partial charge on any atom is -0.323 e. The lowest BCUT2D eigenvalue weighted by molar-refractivity contribution is 0.478. The van der Waals surface area contributed by atoms with E-state index >= 15 is 0 Å². The van der Waals surface area contributed by atoms with Crippen molar-refractivity contribution in [2.24, 2.45) is 5.73 Å². The van der Waals surface area contributed by atoms with E-state index in [-0.39, 0.29) is 5.56 Å². The quantitative estimate of drug-likeness (QED) is 0.929. The maximum Gasteiger partial charge on any atom is 0.154 e. The van der Waals surface area contributed by atoms with Gasteiger partial charge in [-0.2, -0.15) is 0 Å². The van der Waals surface area contributed by atoms with Gasteiger partial charge in [0.25, 0.3) is 0 Å². The Kier molecular flexibility index (Phi) is 4.01. The van der Waals surface area contributed by atoms with Gasteiger partial charge in [0.2, 0.25) is 0 Å². The summed E-state index contributed by atoms with van der Waals surface area (Å²) in [6.07, 6.45) is 1.10. The Hall–Kier alpha value is -0.460. The van der Waals surface area contributed by atoms with Gasteiger partial charge in [-0.15, -0.1) is 0 Å². The molecule has 1 atom stereocenters. The van der Waals surface area contributed by atoms with Crippen molar-refractivity contribution in [3.63, 3.8) is 0 Å². The Balaban J connectivity index is 3.30. The molecule has 6 heteroatoms. The molecule has 1 aromatic rings. The zero-order valence-corrected chi connectivity index (χ0v) is 12.3. The molecule has 1 aromatic carbocycles. The first-order chi connectivity index (χ1) is 7.57. The molecule has 0 aromatic heterocycles. The summed E-state index contributed by atoms with van der Waals surface area (Å²) in [5.74, 6) is -0.502. The van der Waals surface area contributed by atoms with Crippen molar-refractivity contribution in [1.29, 1.82) is 0 Å². The second kappa shape index (κ2) is 4.66. The Morgan fingerprint density at radius 2 is 1.94 bits per heavy atom. The first kappa shape index (κ1) is 14.6. The second-order valence-corrected chi connectivity index (χ2v) is 8.03. The minimum absolute atomic E-state index is 0.190. The molecule has 3 nitrogen and oxygen atoms in total. The Bertz CT molecular complexity index is 528. The van der Waals surface area contributed by atoms with E-state index in [1.54, 1.807) is 6.07 Å². The van der Waals surface area contributed by atoms with Crippen molar-refractivity contribution in [2.75, 3.05) is 6.26 Å². The number of halogens is 2. The molecule has 0 saturated carbocycles. The van der Waals surface area contributed by atoms with E-state index in [9.17, 15) is 12.8 Å². The van der Waals surface area contributed by atoms with Crippen LogP contribution in [0.25, 0.3) is 0 Å². The molecule has 0 fully saturated rings. The average molecular weight is 324 g/mol. The maximum absolute atomic E-state index is 13.6. The standard InChI is InChI=1S/C11H15BrFNO2S/c1-11(2,17(3,15)16)10(14)8-6-7(12)4-5-9(8)13/h4-6,10H,14H2,1-3H3. The van der Waals surface area contributed by atoms with E-state index in [0.29, 0.717) is 4.47 Å². The molecular formula is C11H15BrFNO2S. The lowest BCUT2D eigenvalue weighted by atomic mass is 9.96. The van der Waals surface area contributed by atoms with Gasteiger partial charge >= 0.3 is 0 Å². The highest BCUT2D eigenvalue weighted by Crippen LogP contribution is 2.32. The molecule has 96 valence electrons. The average Bonchev–Trinajstić information content (AvgIpc) is 2.19. The molecule has 2 N–H and O–H groups in total. The fourth-order valence-electron chi connectivity index (χ4n) is 1.36. The summed E-state index contributed by atoms with van der Waals surface area (Å²) in [6, 6.07) is 3.39. The minimum atomic E-state index is -3.39. The number of rotatable bonds is 3. The molecule has 0 aliphatic rings. The monoisotopic (exact) mass is 323 g/mol. The van der Waals surface area contributed by atoms with Gasteiger partial charge in [0.1, 0.15) is 5.82 Å². The van der Waals surface area contributed by atoms with Gasteiger partial charge in [0, 0.05) is 16.3 Å². The van der Waals surface area contributed by atoms with Crippen molar-refractivity contribution in [3.05, 3.63) is 34.1 Å². The van der Waals surface area contributed by atoms with Gasteiger partial charge in [-0.1, -0.05) is 15.9 Å². The zero-order valence-electron chi connectivity index (χ0n) is 9.87. The summed E-state index contributed by atoms with van der Waals surface area (Å²) in [6.45, 7) is 2.99. The summed E-state index contributed by atoms with van der Waals surface area (Å²) in [5.41, 5.74) is 6.08. The highest BCUT2D eigenvalue weighted by Gasteiger charge is 2.38. The number of hydrogen-bond donors (Lipinski definition) is 1. The van der Waals surface area contributed by atoms with E-state index in [2.05, 4.69) is 15.9 Å². The van der Waals surface area contributed by atoms with Crippen molar-refractivity contribution in [2.45, 2.75) is 24.6 Å². The van der Waals surface area contributed by atoms with Crippen LogP contribution in [0.1, 0.15) is 25.5 Å². The van der Waals surface area contributed by atoms with E-state index in [0.717, 1.165) is 6.26 Å². The number of nitrogens with two attached hydrogens (primary N) is 1. The fourth-order valence-corrected chi connectivity index (χ4v) is 2.33. The predicted molar refractivity (Wildman–Crippen MR) is 70.0 cm³/mol. The molecule has 0 saturated heterocycles. The number of hydrogen-bond acceptors (Lipinski definition) is 3. The van der Waals surface area contributed by atoms with Gasteiger partial charge in [-0.25, -0.2) is 12.8 Å². The van der Waals surface area contributed by atoms with E-state index in [1.165, 1.54) is 26.0 Å². The third-order valence-electron chi connectivity index (χ3n) is 3.00. The predicted octanol–water partition coefficient (Wildman–Crippen LogP) is 2.41. The Morgan fingerprint density at radius 1 is 1.41 bits per heavy atom. The summed E-state index contributed by atoms with van der Waals surface area (Å²) in [7, 11) is -3.39. The smallest absolute Gasteiger partial charge is 0.154 e. The highest BCUT2D eigenvalue weighted by molar-refractivity contribution is 9.10. The summed E-state index contributed by atoms with van der Waals surface area (Å²) in [4.78, 5) is 0. The fraction of sp³-hybridized carbons (Fsp3) is 0.455. The largest absolute Gasteiger partial charge is 0.323 e. The van der Waals surface area contributed by atoms with Gasteiger partial charge in [-0.05, 0) is 32.0 Å². The molecular weight excluding hydrogens is 309 g/mol. The van der Waals surface area contributed by atoms with Crippen LogP contribution in [-0.2, 0) is 9.84 Å². The third kappa shape index (κ3) is 2.86. The van der Waals surface area contributed by atoms with Crippen LogP contribution in [0.15, 0.2) is 22.7 Å². The lowest BCUT2D eigenvalue weighted by Crippen LogP contribution is -2.42. The van der Waals surface area contributed by atoms with Crippen LogP contribution in [-0.4, -0.2) is 19.4 Å². The number of benzene rings is 1. The zero-order chi connectivity index (χ0) is 13.4. The molecule has 1 rings (SSSR count). The normalized spacial score (nSPS) is 14.7. The lowest BCUT2D eigenvalue weighted by Gasteiger charge is -2.30. The molecule has 0 amide bonds. The second-order valence-electron chi connectivity index (χ2n) is 4.52. The molecule has 1 unspecified atom stereocenters. The van der Waals surface area contributed by atoms with Crippen LogP contribution in [0.3, 0.4) is 0 Å². The van der Waals surface area contributed by atoms with Crippen molar-refractivity contribution < 1.29 is 12.8 Å². The summed E-state index contributed by atoms with van der Waals surface area (Å²) < 4.78 is 36.4. The van der Waals surface area contributed by atoms with Gasteiger partial charge < -0.3 is 5.73 Å². The van der Waals surface area contributed by atoms with E-state index in [1.807, 2.05) is 0 Å². The van der Waals surface area contributed by atoms with Crippen LogP contribution in [0.2, 0.25) is 0 Å². The topological polar surface area (TPSA) is 60.2 Å². The molecule has 0 spiro atoms. The third-order valence-corrected chi connectivity index (χ3v) is 5.66. The van der Waals surface area contributed by atoms with Crippen LogP contribution < -0.4 is 5.73 Å². The molecule has 0 radical (unpaired) electrons. The Labute approximate surface area is 109 Å². The highest BCUT2D eigenvalue weighted by atomic mass is 79.9. The first-order valence-corrected chi connectivity index (χ1v) is 7.66. The molecule has 0 bridgehead atoms. The van der Waals surface area contributed by atoms with Gasteiger partial charge in [0.15, 0.2) is 9.84 Å². The van der Waals surface area contributed by atoms with Crippen LogP contribution in [0.4, 0.5) is 4.39 Å². The summed E-state index contributed by atoms with van der Waals surface area (Å²) >= 11 is 3.21. The van der Waals surface area contributed by atoms with Crippen molar-refractivity contribution >= 4 is 25.8 Å². The van der Waals surface area contributed by atoms with Gasteiger partial charge in [-0.3, -0.25) is 0 Å². The number of sulfone groups is 1. The summed E-state index contributed by atoms with van der Waals surface area (Å²) in [5, 5.41) is 0. The van der Waals surface area contributed by atoms with Crippen molar-refractivity contribution in [1.82, 2.24) is 0 Å². The Morgan fingerprint density at radius 3 is 2.41 bits per heavy atom. The molecule has 0 aliphatic heterocycles. The van der Waals surface area contributed by atoms with Crippen LogP contribution >= 0.6 is 15.9 Å². The SMILES string of the molecule is CC(C)(C(N)c1cc(Br)ccc1F)S(C)(=O)=O. The molecule has 0 aliphatic carbocycles.